The van der Waals surface area contributed by atoms with E-state index in [9.17, 15) is 13.2 Å². The van der Waals surface area contributed by atoms with Crippen molar-refractivity contribution in [2.75, 3.05) is 6.61 Å². The Balaban J connectivity index is 2.81. The largest absolute Gasteiger partial charge is 0.471 e. The third kappa shape index (κ3) is 2.48. The maximum Gasteiger partial charge on any atom is 0.253 e. The SMILES string of the molecule is C/C=C/COc1nc(F)c(F)cc1F. The van der Waals surface area contributed by atoms with Gasteiger partial charge >= 0.3 is 0 Å². The van der Waals surface area contributed by atoms with Crippen LogP contribution < -0.4 is 4.74 Å². The van der Waals surface area contributed by atoms with Crippen LogP contribution in [-0.2, 0) is 0 Å². The highest BCUT2D eigenvalue weighted by Gasteiger charge is 2.11. The lowest BCUT2D eigenvalue weighted by atomic mass is 10.4. The molecule has 0 aromatic carbocycles. The van der Waals surface area contributed by atoms with Crippen LogP contribution in [0.3, 0.4) is 0 Å². The molecule has 1 aromatic rings. The summed E-state index contributed by atoms with van der Waals surface area (Å²) in [5.74, 6) is -4.27. The molecule has 0 fully saturated rings. The Morgan fingerprint density at radius 3 is 2.71 bits per heavy atom. The van der Waals surface area contributed by atoms with Gasteiger partial charge in [-0.05, 0) is 6.92 Å². The molecule has 0 saturated heterocycles. The van der Waals surface area contributed by atoms with Crippen molar-refractivity contribution in [3.8, 4) is 5.88 Å². The minimum absolute atomic E-state index is 0.0610. The minimum atomic E-state index is -1.37. The van der Waals surface area contributed by atoms with Gasteiger partial charge in [0, 0.05) is 6.07 Å². The predicted octanol–water partition coefficient (Wildman–Crippen LogP) is 2.45. The van der Waals surface area contributed by atoms with Gasteiger partial charge < -0.3 is 4.74 Å². The van der Waals surface area contributed by atoms with Crippen LogP contribution in [0.15, 0.2) is 18.2 Å². The highest BCUT2D eigenvalue weighted by molar-refractivity contribution is 5.15. The lowest BCUT2D eigenvalue weighted by Gasteiger charge is -2.03. The molecule has 0 N–H and O–H groups in total. The van der Waals surface area contributed by atoms with Crippen LogP contribution in [0, 0.1) is 17.6 Å². The number of pyridine rings is 1. The molecule has 0 aliphatic carbocycles. The maximum atomic E-state index is 12.8. The molecule has 0 saturated carbocycles. The minimum Gasteiger partial charge on any atom is -0.471 e. The number of rotatable bonds is 3. The van der Waals surface area contributed by atoms with Gasteiger partial charge in [-0.15, -0.1) is 0 Å². The zero-order valence-electron chi connectivity index (χ0n) is 7.43. The molecule has 2 nitrogen and oxygen atoms in total. The quantitative estimate of drug-likeness (QED) is 0.556. The van der Waals surface area contributed by atoms with E-state index in [4.69, 9.17) is 4.74 Å². The van der Waals surface area contributed by atoms with Crippen LogP contribution in [0.25, 0.3) is 0 Å². The van der Waals surface area contributed by atoms with E-state index in [1.165, 1.54) is 0 Å². The van der Waals surface area contributed by atoms with E-state index in [-0.39, 0.29) is 6.61 Å². The van der Waals surface area contributed by atoms with Gasteiger partial charge in [-0.2, -0.15) is 9.37 Å². The third-order valence-corrected chi connectivity index (χ3v) is 1.41. The number of nitrogens with zero attached hydrogens (tertiary/aromatic N) is 1. The average molecular weight is 203 g/mol. The summed E-state index contributed by atoms with van der Waals surface area (Å²) in [7, 11) is 0. The molecule has 0 unspecified atom stereocenters. The number of aromatic nitrogens is 1. The van der Waals surface area contributed by atoms with Crippen LogP contribution in [0.1, 0.15) is 6.92 Å². The molecular weight excluding hydrogens is 195 g/mol. The van der Waals surface area contributed by atoms with Gasteiger partial charge in [0.05, 0.1) is 0 Å². The summed E-state index contributed by atoms with van der Waals surface area (Å²) in [5.41, 5.74) is 0. The van der Waals surface area contributed by atoms with Crippen molar-refractivity contribution >= 4 is 0 Å². The molecule has 0 aliphatic heterocycles. The summed E-state index contributed by atoms with van der Waals surface area (Å²) >= 11 is 0. The van der Waals surface area contributed by atoms with Crippen molar-refractivity contribution in [2.24, 2.45) is 0 Å². The summed E-state index contributed by atoms with van der Waals surface area (Å²) in [6.07, 6.45) is 3.26. The van der Waals surface area contributed by atoms with E-state index in [0.29, 0.717) is 6.07 Å². The molecule has 5 heteroatoms. The summed E-state index contributed by atoms with van der Waals surface area (Å²) in [5, 5.41) is 0. The topological polar surface area (TPSA) is 22.1 Å². The average Bonchev–Trinajstić information content (AvgIpc) is 2.14. The van der Waals surface area contributed by atoms with Crippen LogP contribution in [0.4, 0.5) is 13.2 Å². The maximum absolute atomic E-state index is 12.8. The highest BCUT2D eigenvalue weighted by Crippen LogP contribution is 2.16. The van der Waals surface area contributed by atoms with Gasteiger partial charge in [0.25, 0.3) is 11.8 Å². The molecule has 0 radical (unpaired) electrons. The summed E-state index contributed by atoms with van der Waals surface area (Å²) < 4.78 is 42.5. The number of ether oxygens (including phenoxy) is 1. The number of hydrogen-bond donors (Lipinski definition) is 0. The fourth-order valence-electron chi connectivity index (χ4n) is 0.753. The monoisotopic (exact) mass is 203 g/mol. The smallest absolute Gasteiger partial charge is 0.253 e. The molecule has 0 amide bonds. The Hall–Kier alpha value is -1.52. The fraction of sp³-hybridized carbons (Fsp3) is 0.222. The first-order valence-electron chi connectivity index (χ1n) is 3.90. The van der Waals surface area contributed by atoms with Crippen molar-refractivity contribution in [3.63, 3.8) is 0 Å². The van der Waals surface area contributed by atoms with Crippen LogP contribution in [0.2, 0.25) is 0 Å². The first-order valence-corrected chi connectivity index (χ1v) is 3.90. The summed E-state index contributed by atoms with van der Waals surface area (Å²) in [4.78, 5) is 2.97. The molecule has 1 heterocycles. The van der Waals surface area contributed by atoms with Gasteiger partial charge in [0.2, 0.25) is 0 Å². The number of allylic oxidation sites excluding steroid dienone is 1. The van der Waals surface area contributed by atoms with E-state index in [1.54, 1.807) is 19.1 Å². The van der Waals surface area contributed by atoms with E-state index in [1.807, 2.05) is 0 Å². The molecule has 14 heavy (non-hydrogen) atoms. The second-order valence-corrected chi connectivity index (χ2v) is 2.43. The van der Waals surface area contributed by atoms with Gasteiger partial charge in [0.1, 0.15) is 6.61 Å². The Labute approximate surface area is 79.0 Å². The van der Waals surface area contributed by atoms with Crippen LogP contribution in [0.5, 0.6) is 5.88 Å². The lowest BCUT2D eigenvalue weighted by Crippen LogP contribution is -2.02. The van der Waals surface area contributed by atoms with Crippen molar-refractivity contribution < 1.29 is 17.9 Å². The van der Waals surface area contributed by atoms with Crippen molar-refractivity contribution in [1.29, 1.82) is 0 Å². The zero-order valence-corrected chi connectivity index (χ0v) is 7.43. The number of halogens is 3. The molecule has 0 aliphatic rings. The molecule has 0 atom stereocenters. The van der Waals surface area contributed by atoms with E-state index in [2.05, 4.69) is 4.98 Å². The Morgan fingerprint density at radius 2 is 2.07 bits per heavy atom. The molecular formula is C9H8F3NO. The Bertz CT molecular complexity index is 352. The molecule has 76 valence electrons. The Morgan fingerprint density at radius 1 is 1.36 bits per heavy atom. The van der Waals surface area contributed by atoms with Crippen molar-refractivity contribution in [3.05, 3.63) is 35.8 Å². The zero-order chi connectivity index (χ0) is 10.6. The standard InChI is InChI=1S/C9H8F3NO/c1-2-3-4-14-9-7(11)5-6(10)8(12)13-9/h2-3,5H,4H2,1H3/b3-2+. The normalized spacial score (nSPS) is 10.9. The van der Waals surface area contributed by atoms with Crippen LogP contribution >= 0.6 is 0 Å². The second kappa shape index (κ2) is 4.64. The van der Waals surface area contributed by atoms with E-state index < -0.39 is 23.5 Å². The van der Waals surface area contributed by atoms with Crippen molar-refractivity contribution in [1.82, 2.24) is 4.98 Å². The van der Waals surface area contributed by atoms with Gasteiger partial charge in [-0.25, -0.2) is 8.78 Å². The van der Waals surface area contributed by atoms with E-state index >= 15 is 0 Å². The molecule has 1 rings (SSSR count). The summed E-state index contributed by atoms with van der Waals surface area (Å²) in [6.45, 7) is 1.81. The molecule has 0 bridgehead atoms. The molecule has 1 aromatic heterocycles. The number of hydrogen-bond acceptors (Lipinski definition) is 2. The molecule has 0 spiro atoms. The second-order valence-electron chi connectivity index (χ2n) is 2.43. The van der Waals surface area contributed by atoms with Gasteiger partial charge in [-0.1, -0.05) is 12.2 Å². The van der Waals surface area contributed by atoms with Gasteiger partial charge in [-0.3, -0.25) is 0 Å². The summed E-state index contributed by atoms with van der Waals surface area (Å²) in [6, 6.07) is 0.396. The predicted molar refractivity (Wildman–Crippen MR) is 44.4 cm³/mol. The van der Waals surface area contributed by atoms with Crippen molar-refractivity contribution in [2.45, 2.75) is 6.92 Å². The first kappa shape index (κ1) is 10.6. The highest BCUT2D eigenvalue weighted by atomic mass is 19.2. The van der Waals surface area contributed by atoms with Gasteiger partial charge in [0.15, 0.2) is 11.6 Å². The van der Waals surface area contributed by atoms with E-state index in [0.717, 1.165) is 0 Å². The third-order valence-electron chi connectivity index (χ3n) is 1.41. The lowest BCUT2D eigenvalue weighted by molar-refractivity contribution is 0.312. The first-order chi connectivity index (χ1) is 6.65. The van der Waals surface area contributed by atoms with Crippen LogP contribution in [-0.4, -0.2) is 11.6 Å². The Kier molecular flexibility index (Phi) is 3.50. The fourth-order valence-corrected chi connectivity index (χ4v) is 0.753.